The van der Waals surface area contributed by atoms with Crippen LogP contribution in [0.5, 0.6) is 0 Å². The van der Waals surface area contributed by atoms with Crippen molar-refractivity contribution in [1.82, 2.24) is 10.2 Å². The first-order valence-corrected chi connectivity index (χ1v) is 13.5. The fourth-order valence-electron chi connectivity index (χ4n) is 4.42. The molecule has 0 aromatic heterocycles. The standard InChI is InChI=1S/C26H35N3O4S/c1-4-20(5-2)26(31)28-17-15-22(16-18-28)27-25(30)21-11-10-14-24(19-21)34(32,33)29(6-3)23-12-8-7-9-13-23/h7-14,19-20,22H,4-6,15-18H2,1-3H3,(H,27,30). The highest BCUT2D eigenvalue weighted by atomic mass is 32.2. The van der Waals surface area contributed by atoms with E-state index < -0.39 is 10.0 Å². The molecule has 8 heteroatoms. The van der Waals surface area contributed by atoms with E-state index in [1.807, 2.05) is 24.8 Å². The molecule has 1 aliphatic heterocycles. The van der Waals surface area contributed by atoms with Crippen LogP contribution < -0.4 is 9.62 Å². The first-order valence-electron chi connectivity index (χ1n) is 12.1. The molecule has 0 saturated carbocycles. The van der Waals surface area contributed by atoms with Gasteiger partial charge < -0.3 is 10.2 Å². The number of piperidine rings is 1. The van der Waals surface area contributed by atoms with Gasteiger partial charge in [-0.05, 0) is 62.9 Å². The molecule has 2 aromatic rings. The molecule has 0 spiro atoms. The Bertz CT molecular complexity index is 1080. The quantitative estimate of drug-likeness (QED) is 0.580. The molecule has 0 bridgehead atoms. The van der Waals surface area contributed by atoms with Gasteiger partial charge in [0.2, 0.25) is 5.91 Å². The Morgan fingerprint density at radius 3 is 2.24 bits per heavy atom. The first kappa shape index (κ1) is 25.7. The molecule has 2 aromatic carbocycles. The predicted octanol–water partition coefficient (Wildman–Crippen LogP) is 4.06. The largest absolute Gasteiger partial charge is 0.349 e. The van der Waals surface area contributed by atoms with Gasteiger partial charge >= 0.3 is 0 Å². The van der Waals surface area contributed by atoms with Crippen LogP contribution in [0.1, 0.15) is 56.8 Å². The number of sulfonamides is 1. The number of carbonyl (C=O) groups excluding carboxylic acids is 2. The van der Waals surface area contributed by atoms with Crippen molar-refractivity contribution in [3.8, 4) is 0 Å². The van der Waals surface area contributed by atoms with Crippen LogP contribution in [0, 0.1) is 5.92 Å². The van der Waals surface area contributed by atoms with Gasteiger partial charge in [-0.1, -0.05) is 38.1 Å². The van der Waals surface area contributed by atoms with Gasteiger partial charge in [0.25, 0.3) is 15.9 Å². The fourth-order valence-corrected chi connectivity index (χ4v) is 5.94. The summed E-state index contributed by atoms with van der Waals surface area (Å²) in [6.07, 6.45) is 3.05. The lowest BCUT2D eigenvalue weighted by Crippen LogP contribution is -2.48. The van der Waals surface area contributed by atoms with Gasteiger partial charge in [-0.25, -0.2) is 8.42 Å². The van der Waals surface area contributed by atoms with E-state index in [1.165, 1.54) is 16.4 Å². The third kappa shape index (κ3) is 5.78. The molecule has 0 atom stereocenters. The van der Waals surface area contributed by atoms with Crippen LogP contribution in [-0.2, 0) is 14.8 Å². The third-order valence-electron chi connectivity index (χ3n) is 6.49. The Hall–Kier alpha value is -2.87. The summed E-state index contributed by atoms with van der Waals surface area (Å²) in [7, 11) is -3.81. The zero-order chi connectivity index (χ0) is 24.7. The van der Waals surface area contributed by atoms with E-state index in [-0.39, 0.29) is 35.2 Å². The number of nitrogens with zero attached hydrogens (tertiary/aromatic N) is 2. The molecule has 34 heavy (non-hydrogen) atoms. The second-order valence-electron chi connectivity index (χ2n) is 8.62. The van der Waals surface area contributed by atoms with Crippen molar-refractivity contribution in [3.05, 3.63) is 60.2 Å². The van der Waals surface area contributed by atoms with Crippen molar-refractivity contribution in [3.63, 3.8) is 0 Å². The van der Waals surface area contributed by atoms with Gasteiger partial charge in [-0.15, -0.1) is 0 Å². The number of anilines is 1. The molecule has 1 aliphatic rings. The lowest BCUT2D eigenvalue weighted by atomic mass is 9.98. The lowest BCUT2D eigenvalue weighted by molar-refractivity contribution is -0.136. The molecular weight excluding hydrogens is 450 g/mol. The van der Waals surface area contributed by atoms with Crippen LogP contribution in [0.25, 0.3) is 0 Å². The fraction of sp³-hybridized carbons (Fsp3) is 0.462. The first-order chi connectivity index (χ1) is 16.3. The molecule has 7 nitrogen and oxygen atoms in total. The van der Waals surface area contributed by atoms with Crippen molar-refractivity contribution in [2.45, 2.75) is 57.4 Å². The minimum atomic E-state index is -3.81. The molecule has 3 rings (SSSR count). The maximum atomic E-state index is 13.3. The minimum Gasteiger partial charge on any atom is -0.349 e. The number of benzene rings is 2. The molecule has 0 radical (unpaired) electrons. The SMILES string of the molecule is CCC(CC)C(=O)N1CCC(NC(=O)c2cccc(S(=O)(=O)N(CC)c3ccccc3)c2)CC1. The monoisotopic (exact) mass is 485 g/mol. The minimum absolute atomic E-state index is 0.0463. The van der Waals surface area contributed by atoms with E-state index in [0.29, 0.717) is 37.2 Å². The molecular formula is C26H35N3O4S. The number of para-hydroxylation sites is 1. The number of hydrogen-bond donors (Lipinski definition) is 1. The molecule has 1 N–H and O–H groups in total. The summed E-state index contributed by atoms with van der Waals surface area (Å²) in [4.78, 5) is 27.5. The van der Waals surface area contributed by atoms with Gasteiger partial charge in [-0.2, -0.15) is 0 Å². The Balaban J connectivity index is 1.67. The van der Waals surface area contributed by atoms with Crippen LogP contribution in [0.2, 0.25) is 0 Å². The summed E-state index contributed by atoms with van der Waals surface area (Å²) in [5.74, 6) is -0.0365. The van der Waals surface area contributed by atoms with E-state index >= 15 is 0 Å². The summed E-state index contributed by atoms with van der Waals surface area (Å²) in [6, 6.07) is 15.0. The van der Waals surface area contributed by atoms with Crippen molar-refractivity contribution in [2.75, 3.05) is 23.9 Å². The summed E-state index contributed by atoms with van der Waals surface area (Å²) in [5, 5.41) is 3.02. The highest BCUT2D eigenvalue weighted by Crippen LogP contribution is 2.24. The zero-order valence-electron chi connectivity index (χ0n) is 20.2. The van der Waals surface area contributed by atoms with E-state index in [0.717, 1.165) is 12.8 Å². The highest BCUT2D eigenvalue weighted by Gasteiger charge is 2.28. The molecule has 1 heterocycles. The molecule has 184 valence electrons. The van der Waals surface area contributed by atoms with E-state index in [1.54, 1.807) is 43.3 Å². The summed E-state index contributed by atoms with van der Waals surface area (Å²) < 4.78 is 27.9. The second-order valence-corrected chi connectivity index (χ2v) is 10.5. The number of likely N-dealkylation sites (tertiary alicyclic amines) is 1. The third-order valence-corrected chi connectivity index (χ3v) is 8.39. The molecule has 0 aliphatic carbocycles. The number of carbonyl (C=O) groups is 2. The number of nitrogens with one attached hydrogen (secondary N) is 1. The maximum Gasteiger partial charge on any atom is 0.264 e. The Kier molecular flexibility index (Phi) is 8.72. The Morgan fingerprint density at radius 2 is 1.65 bits per heavy atom. The topological polar surface area (TPSA) is 86.8 Å². The highest BCUT2D eigenvalue weighted by molar-refractivity contribution is 7.92. The van der Waals surface area contributed by atoms with Gasteiger partial charge in [0.1, 0.15) is 0 Å². The normalized spacial score (nSPS) is 14.8. The van der Waals surface area contributed by atoms with E-state index in [4.69, 9.17) is 0 Å². The lowest BCUT2D eigenvalue weighted by Gasteiger charge is -2.34. The van der Waals surface area contributed by atoms with Crippen LogP contribution in [-0.4, -0.2) is 50.8 Å². The second kappa shape index (κ2) is 11.5. The Labute approximate surface area is 203 Å². The van der Waals surface area contributed by atoms with Crippen molar-refractivity contribution in [1.29, 1.82) is 0 Å². The number of hydrogen-bond acceptors (Lipinski definition) is 4. The van der Waals surface area contributed by atoms with Crippen LogP contribution in [0.3, 0.4) is 0 Å². The summed E-state index contributed by atoms with van der Waals surface area (Å²) in [5.41, 5.74) is 0.885. The maximum absolute atomic E-state index is 13.3. The summed E-state index contributed by atoms with van der Waals surface area (Å²) >= 11 is 0. The van der Waals surface area contributed by atoms with Crippen molar-refractivity contribution < 1.29 is 18.0 Å². The van der Waals surface area contributed by atoms with Crippen LogP contribution in [0.4, 0.5) is 5.69 Å². The molecule has 1 saturated heterocycles. The zero-order valence-corrected chi connectivity index (χ0v) is 21.1. The molecule has 0 unspecified atom stereocenters. The van der Waals surface area contributed by atoms with Crippen molar-refractivity contribution >= 4 is 27.5 Å². The summed E-state index contributed by atoms with van der Waals surface area (Å²) in [6.45, 7) is 7.37. The smallest absolute Gasteiger partial charge is 0.264 e. The van der Waals surface area contributed by atoms with Gasteiger partial charge in [0.15, 0.2) is 0 Å². The van der Waals surface area contributed by atoms with E-state index in [9.17, 15) is 18.0 Å². The van der Waals surface area contributed by atoms with E-state index in [2.05, 4.69) is 5.32 Å². The Morgan fingerprint density at radius 1 is 1.00 bits per heavy atom. The molecule has 1 fully saturated rings. The number of rotatable bonds is 9. The molecule has 2 amide bonds. The van der Waals surface area contributed by atoms with Crippen LogP contribution >= 0.6 is 0 Å². The van der Waals surface area contributed by atoms with Gasteiger partial charge in [0.05, 0.1) is 10.6 Å². The van der Waals surface area contributed by atoms with Gasteiger partial charge in [-0.3, -0.25) is 13.9 Å². The average molecular weight is 486 g/mol. The van der Waals surface area contributed by atoms with Gasteiger partial charge in [0, 0.05) is 37.2 Å². The predicted molar refractivity (Wildman–Crippen MR) is 134 cm³/mol. The average Bonchev–Trinajstić information content (AvgIpc) is 2.86. The van der Waals surface area contributed by atoms with Crippen LogP contribution in [0.15, 0.2) is 59.5 Å². The number of amides is 2. The van der Waals surface area contributed by atoms with Crippen molar-refractivity contribution in [2.24, 2.45) is 5.92 Å².